The molecule has 6 nitrogen and oxygen atoms in total. The number of rotatable bonds is 7. The van der Waals surface area contributed by atoms with Gasteiger partial charge < -0.3 is 20.1 Å². The fraction of sp³-hybridized carbons (Fsp3) is 0.833. The molecule has 0 spiro atoms. The van der Waals surface area contributed by atoms with Crippen LogP contribution in [0, 0.1) is 5.92 Å². The van der Waals surface area contributed by atoms with Crippen LogP contribution in [0.3, 0.4) is 0 Å². The van der Waals surface area contributed by atoms with Crippen LogP contribution in [0.4, 0.5) is 0 Å². The minimum Gasteiger partial charge on any atom is -0.480 e. The zero-order valence-corrected chi connectivity index (χ0v) is 11.2. The second-order valence-electron chi connectivity index (χ2n) is 5.40. The van der Waals surface area contributed by atoms with Crippen molar-refractivity contribution in [2.45, 2.75) is 26.4 Å². The molecule has 6 heteroatoms. The van der Waals surface area contributed by atoms with Crippen molar-refractivity contribution in [2.24, 2.45) is 5.92 Å². The molecule has 1 saturated heterocycles. The highest BCUT2D eigenvalue weighted by molar-refractivity contribution is 5.82. The first-order valence-electron chi connectivity index (χ1n) is 6.16. The maximum atomic E-state index is 11.9. The van der Waals surface area contributed by atoms with Crippen LogP contribution < -0.4 is 5.32 Å². The standard InChI is InChI=1S/C12H22N2O4/c1-9(2)4-14(5-11(16)17)10(15)6-18-12(3)7-13-8-12/h9,13H,4-8H2,1-3H3,(H,16,17). The molecule has 1 heterocycles. The zero-order chi connectivity index (χ0) is 13.8. The molecule has 1 rings (SSSR count). The van der Waals surface area contributed by atoms with Crippen molar-refractivity contribution < 1.29 is 19.4 Å². The molecule has 18 heavy (non-hydrogen) atoms. The number of nitrogens with zero attached hydrogens (tertiary/aromatic N) is 1. The Balaban J connectivity index is 2.44. The molecule has 1 aliphatic rings. The molecular formula is C12H22N2O4. The predicted molar refractivity (Wildman–Crippen MR) is 66.3 cm³/mol. The molecule has 0 aromatic rings. The highest BCUT2D eigenvalue weighted by Gasteiger charge is 2.33. The Kier molecular flexibility index (Phi) is 5.10. The highest BCUT2D eigenvalue weighted by Crippen LogP contribution is 2.15. The third kappa shape index (κ3) is 4.62. The van der Waals surface area contributed by atoms with Gasteiger partial charge in [-0.25, -0.2) is 0 Å². The van der Waals surface area contributed by atoms with Crippen molar-refractivity contribution in [3.63, 3.8) is 0 Å². The Hall–Kier alpha value is -1.14. The average molecular weight is 258 g/mol. The number of aliphatic carboxylic acids is 1. The number of carbonyl (C=O) groups is 2. The van der Waals surface area contributed by atoms with E-state index < -0.39 is 5.97 Å². The first-order chi connectivity index (χ1) is 8.32. The van der Waals surface area contributed by atoms with E-state index in [9.17, 15) is 9.59 Å². The molecular weight excluding hydrogens is 236 g/mol. The van der Waals surface area contributed by atoms with Crippen molar-refractivity contribution in [1.82, 2.24) is 10.2 Å². The van der Waals surface area contributed by atoms with Gasteiger partial charge in [-0.3, -0.25) is 9.59 Å². The Morgan fingerprint density at radius 3 is 2.44 bits per heavy atom. The molecule has 0 radical (unpaired) electrons. The van der Waals surface area contributed by atoms with Gasteiger partial charge in [0.1, 0.15) is 13.2 Å². The summed E-state index contributed by atoms with van der Waals surface area (Å²) in [6, 6.07) is 0. The number of hydrogen-bond donors (Lipinski definition) is 2. The minimum absolute atomic E-state index is 0.0574. The van der Waals surface area contributed by atoms with Gasteiger partial charge in [-0.15, -0.1) is 0 Å². The van der Waals surface area contributed by atoms with Crippen molar-refractivity contribution >= 4 is 11.9 Å². The molecule has 0 aliphatic carbocycles. The van der Waals surface area contributed by atoms with E-state index in [-0.39, 0.29) is 30.6 Å². The lowest BCUT2D eigenvalue weighted by Gasteiger charge is -2.39. The molecule has 0 bridgehead atoms. The molecule has 104 valence electrons. The Morgan fingerprint density at radius 2 is 2.06 bits per heavy atom. The van der Waals surface area contributed by atoms with Crippen LogP contribution in [-0.4, -0.2) is 60.3 Å². The lowest BCUT2D eigenvalue weighted by molar-refractivity contribution is -0.152. The molecule has 2 N–H and O–H groups in total. The van der Waals surface area contributed by atoms with E-state index in [0.717, 1.165) is 13.1 Å². The number of carboxylic acid groups (broad SMARTS) is 1. The SMILES string of the molecule is CC(C)CN(CC(=O)O)C(=O)COC1(C)CNC1. The molecule has 1 amide bonds. The summed E-state index contributed by atoms with van der Waals surface area (Å²) in [5, 5.41) is 11.9. The summed E-state index contributed by atoms with van der Waals surface area (Å²) in [6.45, 7) is 7.38. The monoisotopic (exact) mass is 258 g/mol. The van der Waals surface area contributed by atoms with Crippen LogP contribution in [0.2, 0.25) is 0 Å². The third-order valence-electron chi connectivity index (χ3n) is 2.81. The van der Waals surface area contributed by atoms with E-state index in [0.29, 0.717) is 6.54 Å². The molecule has 0 unspecified atom stereocenters. The van der Waals surface area contributed by atoms with Crippen LogP contribution in [0.5, 0.6) is 0 Å². The largest absolute Gasteiger partial charge is 0.480 e. The van der Waals surface area contributed by atoms with Gasteiger partial charge in [0.25, 0.3) is 0 Å². The fourth-order valence-corrected chi connectivity index (χ4v) is 1.76. The normalized spacial score (nSPS) is 17.3. The molecule has 1 fully saturated rings. The van der Waals surface area contributed by atoms with E-state index in [1.165, 1.54) is 4.90 Å². The van der Waals surface area contributed by atoms with Crippen molar-refractivity contribution in [2.75, 3.05) is 32.8 Å². The van der Waals surface area contributed by atoms with Crippen LogP contribution >= 0.6 is 0 Å². The van der Waals surface area contributed by atoms with Crippen molar-refractivity contribution in [1.29, 1.82) is 0 Å². The van der Waals surface area contributed by atoms with E-state index in [2.05, 4.69) is 5.32 Å². The van der Waals surface area contributed by atoms with Gasteiger partial charge >= 0.3 is 5.97 Å². The van der Waals surface area contributed by atoms with Crippen LogP contribution in [0.1, 0.15) is 20.8 Å². The first-order valence-corrected chi connectivity index (χ1v) is 6.16. The van der Waals surface area contributed by atoms with Gasteiger partial charge in [-0.05, 0) is 12.8 Å². The van der Waals surface area contributed by atoms with E-state index in [4.69, 9.17) is 9.84 Å². The summed E-state index contributed by atoms with van der Waals surface area (Å²) in [5.74, 6) is -1.03. The Bertz CT molecular complexity index is 313. The molecule has 0 atom stereocenters. The van der Waals surface area contributed by atoms with Gasteiger partial charge in [-0.1, -0.05) is 13.8 Å². The van der Waals surface area contributed by atoms with Gasteiger partial charge in [0.05, 0.1) is 5.60 Å². The number of carbonyl (C=O) groups excluding carboxylic acids is 1. The van der Waals surface area contributed by atoms with E-state index in [1.807, 2.05) is 20.8 Å². The minimum atomic E-state index is -1.000. The van der Waals surface area contributed by atoms with Gasteiger partial charge in [0, 0.05) is 19.6 Å². The first kappa shape index (κ1) is 14.9. The van der Waals surface area contributed by atoms with Gasteiger partial charge in [0.2, 0.25) is 5.91 Å². The highest BCUT2D eigenvalue weighted by atomic mass is 16.5. The molecule has 0 aromatic carbocycles. The predicted octanol–water partition coefficient (Wildman–Crippen LogP) is -0.0659. The quantitative estimate of drug-likeness (QED) is 0.668. The summed E-state index contributed by atoms with van der Waals surface area (Å²) in [4.78, 5) is 24.0. The smallest absolute Gasteiger partial charge is 0.323 e. The Morgan fingerprint density at radius 1 is 1.44 bits per heavy atom. The summed E-state index contributed by atoms with van der Waals surface area (Å²) in [6.07, 6.45) is 0. The van der Waals surface area contributed by atoms with Gasteiger partial charge in [0.15, 0.2) is 0 Å². The second kappa shape index (κ2) is 6.15. The fourth-order valence-electron chi connectivity index (χ4n) is 1.76. The average Bonchev–Trinajstić information content (AvgIpc) is 2.21. The van der Waals surface area contributed by atoms with Gasteiger partial charge in [-0.2, -0.15) is 0 Å². The maximum absolute atomic E-state index is 11.9. The van der Waals surface area contributed by atoms with E-state index >= 15 is 0 Å². The lowest BCUT2D eigenvalue weighted by atomic mass is 10.0. The van der Waals surface area contributed by atoms with Crippen molar-refractivity contribution in [3.05, 3.63) is 0 Å². The van der Waals surface area contributed by atoms with E-state index in [1.54, 1.807) is 0 Å². The number of hydrogen-bond acceptors (Lipinski definition) is 4. The number of nitrogens with one attached hydrogen (secondary N) is 1. The number of ether oxygens (including phenoxy) is 1. The topological polar surface area (TPSA) is 78.9 Å². The molecule has 1 aliphatic heterocycles. The summed E-state index contributed by atoms with van der Waals surface area (Å²) < 4.78 is 5.52. The number of carboxylic acids is 1. The summed E-state index contributed by atoms with van der Waals surface area (Å²) >= 11 is 0. The maximum Gasteiger partial charge on any atom is 0.323 e. The third-order valence-corrected chi connectivity index (χ3v) is 2.81. The van der Waals surface area contributed by atoms with Crippen LogP contribution in [0.15, 0.2) is 0 Å². The second-order valence-corrected chi connectivity index (χ2v) is 5.40. The van der Waals surface area contributed by atoms with Crippen molar-refractivity contribution in [3.8, 4) is 0 Å². The molecule has 0 aromatic heterocycles. The number of amides is 1. The van der Waals surface area contributed by atoms with Crippen LogP contribution in [0.25, 0.3) is 0 Å². The molecule has 0 saturated carbocycles. The Labute approximate surface area is 107 Å². The van der Waals surface area contributed by atoms with Crippen LogP contribution in [-0.2, 0) is 14.3 Å². The summed E-state index contributed by atoms with van der Waals surface area (Å²) in [7, 11) is 0. The summed E-state index contributed by atoms with van der Waals surface area (Å²) in [5.41, 5.74) is -0.289. The lowest BCUT2D eigenvalue weighted by Crippen LogP contribution is -2.59. The zero-order valence-electron chi connectivity index (χ0n) is 11.2.